The van der Waals surface area contributed by atoms with Crippen LogP contribution in [-0.2, 0) is 4.74 Å². The molecule has 0 bridgehead atoms. The number of carbonyl (C=O) groups excluding carboxylic acids is 1. The van der Waals surface area contributed by atoms with Crippen LogP contribution in [0.3, 0.4) is 0 Å². The zero-order chi connectivity index (χ0) is 11.5. The lowest BCUT2D eigenvalue weighted by Crippen LogP contribution is -2.39. The van der Waals surface area contributed by atoms with Crippen LogP contribution in [-0.4, -0.2) is 29.2 Å². The van der Waals surface area contributed by atoms with Gasteiger partial charge in [0.1, 0.15) is 5.60 Å². The highest BCUT2D eigenvalue weighted by molar-refractivity contribution is 5.69. The number of carbonyl (C=O) groups is 1. The average Bonchev–Trinajstić information content (AvgIpc) is 2.49. The molecule has 1 atom stereocenters. The van der Waals surface area contributed by atoms with E-state index in [0.29, 0.717) is 6.42 Å². The average molecular weight is 209 g/mol. The maximum atomic E-state index is 11.8. The number of ether oxygens (including phenoxy) is 1. The number of terminal acetylenes is 1. The van der Waals surface area contributed by atoms with Crippen LogP contribution in [0.5, 0.6) is 0 Å². The largest absolute Gasteiger partial charge is 0.444 e. The van der Waals surface area contributed by atoms with E-state index in [-0.39, 0.29) is 12.1 Å². The van der Waals surface area contributed by atoms with Gasteiger partial charge in [0.25, 0.3) is 0 Å². The third kappa shape index (κ3) is 3.47. The van der Waals surface area contributed by atoms with Crippen LogP contribution < -0.4 is 0 Å². The molecular weight excluding hydrogens is 190 g/mol. The van der Waals surface area contributed by atoms with Gasteiger partial charge in [0, 0.05) is 19.0 Å². The first-order valence-corrected chi connectivity index (χ1v) is 5.37. The topological polar surface area (TPSA) is 29.5 Å². The van der Waals surface area contributed by atoms with Crippen molar-refractivity contribution in [2.24, 2.45) is 0 Å². The molecule has 0 N–H and O–H groups in total. The van der Waals surface area contributed by atoms with Crippen molar-refractivity contribution in [3.8, 4) is 12.3 Å². The molecule has 0 spiro atoms. The Kier molecular flexibility index (Phi) is 3.62. The van der Waals surface area contributed by atoms with E-state index >= 15 is 0 Å². The van der Waals surface area contributed by atoms with Crippen molar-refractivity contribution < 1.29 is 9.53 Å². The maximum absolute atomic E-state index is 11.8. The van der Waals surface area contributed by atoms with Gasteiger partial charge in [-0.3, -0.25) is 0 Å². The quantitative estimate of drug-likeness (QED) is 0.621. The second-order valence-electron chi connectivity index (χ2n) is 4.88. The van der Waals surface area contributed by atoms with E-state index in [1.165, 1.54) is 0 Å². The number of amides is 1. The SMILES string of the molecule is C#CC[C@H]1CCCN1C(=O)OC(C)(C)C. The van der Waals surface area contributed by atoms with Crippen molar-refractivity contribution in [2.75, 3.05) is 6.54 Å². The first-order valence-electron chi connectivity index (χ1n) is 5.37. The Balaban J connectivity index is 2.56. The van der Waals surface area contributed by atoms with Crippen LogP contribution in [0.1, 0.15) is 40.0 Å². The van der Waals surface area contributed by atoms with Gasteiger partial charge in [-0.15, -0.1) is 12.3 Å². The van der Waals surface area contributed by atoms with E-state index in [0.717, 1.165) is 19.4 Å². The Morgan fingerprint density at radius 2 is 2.27 bits per heavy atom. The van der Waals surface area contributed by atoms with Gasteiger partial charge in [0.05, 0.1) is 0 Å². The summed E-state index contributed by atoms with van der Waals surface area (Å²) in [6, 6.07) is 0.171. The Morgan fingerprint density at radius 1 is 1.60 bits per heavy atom. The third-order valence-electron chi connectivity index (χ3n) is 2.36. The fraction of sp³-hybridized carbons (Fsp3) is 0.750. The Labute approximate surface area is 91.8 Å². The highest BCUT2D eigenvalue weighted by Crippen LogP contribution is 2.22. The first-order chi connectivity index (χ1) is 6.94. The summed E-state index contributed by atoms with van der Waals surface area (Å²) in [7, 11) is 0. The summed E-state index contributed by atoms with van der Waals surface area (Å²) in [4.78, 5) is 13.5. The molecule has 1 aliphatic rings. The number of hydrogen-bond donors (Lipinski definition) is 0. The van der Waals surface area contributed by atoms with Crippen LogP contribution in [0.2, 0.25) is 0 Å². The van der Waals surface area contributed by atoms with Crippen molar-refractivity contribution in [2.45, 2.75) is 51.7 Å². The molecule has 0 saturated carbocycles. The third-order valence-corrected chi connectivity index (χ3v) is 2.36. The monoisotopic (exact) mass is 209 g/mol. The van der Waals surface area contributed by atoms with Crippen LogP contribution in [0.25, 0.3) is 0 Å². The summed E-state index contributed by atoms with van der Waals surface area (Å²) in [6.45, 7) is 6.38. The minimum atomic E-state index is -0.430. The van der Waals surface area contributed by atoms with E-state index in [4.69, 9.17) is 11.2 Å². The van der Waals surface area contributed by atoms with Crippen molar-refractivity contribution in [3.63, 3.8) is 0 Å². The predicted octanol–water partition coefficient (Wildman–Crippen LogP) is 2.41. The molecule has 1 amide bonds. The molecule has 0 aromatic heterocycles. The lowest BCUT2D eigenvalue weighted by molar-refractivity contribution is 0.0230. The van der Waals surface area contributed by atoms with Gasteiger partial charge in [-0.25, -0.2) is 4.79 Å². The van der Waals surface area contributed by atoms with Crippen LogP contribution in [0.15, 0.2) is 0 Å². The molecule has 0 unspecified atom stereocenters. The molecule has 0 aliphatic carbocycles. The molecule has 0 aromatic carbocycles. The molecule has 1 rings (SSSR count). The Bertz CT molecular complexity index is 272. The molecule has 1 saturated heterocycles. The molecule has 15 heavy (non-hydrogen) atoms. The number of nitrogens with zero attached hydrogens (tertiary/aromatic N) is 1. The normalized spacial score (nSPS) is 21.2. The molecular formula is C12H19NO2. The predicted molar refractivity (Wildman–Crippen MR) is 59.4 cm³/mol. The number of hydrogen-bond acceptors (Lipinski definition) is 2. The van der Waals surface area contributed by atoms with Crippen LogP contribution >= 0.6 is 0 Å². The lowest BCUT2D eigenvalue weighted by Gasteiger charge is -2.27. The number of rotatable bonds is 1. The highest BCUT2D eigenvalue weighted by Gasteiger charge is 2.31. The van der Waals surface area contributed by atoms with E-state index in [1.807, 2.05) is 20.8 Å². The smallest absolute Gasteiger partial charge is 0.410 e. The summed E-state index contributed by atoms with van der Waals surface area (Å²) in [5, 5.41) is 0. The fourth-order valence-electron chi connectivity index (χ4n) is 1.74. The summed E-state index contributed by atoms with van der Waals surface area (Å²) in [5.41, 5.74) is -0.430. The zero-order valence-electron chi connectivity index (χ0n) is 9.75. The molecule has 0 radical (unpaired) electrons. The van der Waals surface area contributed by atoms with Gasteiger partial charge in [-0.1, -0.05) is 0 Å². The Morgan fingerprint density at radius 3 is 2.80 bits per heavy atom. The Hall–Kier alpha value is -1.17. The molecule has 1 heterocycles. The van der Waals surface area contributed by atoms with Crippen molar-refractivity contribution in [1.29, 1.82) is 0 Å². The van der Waals surface area contributed by atoms with Crippen LogP contribution in [0, 0.1) is 12.3 Å². The molecule has 84 valence electrons. The summed E-state index contributed by atoms with van der Waals surface area (Å²) >= 11 is 0. The number of likely N-dealkylation sites (tertiary alicyclic amines) is 1. The zero-order valence-corrected chi connectivity index (χ0v) is 9.75. The molecule has 0 aromatic rings. The van der Waals surface area contributed by atoms with Crippen molar-refractivity contribution in [3.05, 3.63) is 0 Å². The van der Waals surface area contributed by atoms with E-state index in [2.05, 4.69) is 5.92 Å². The van der Waals surface area contributed by atoms with Gasteiger partial charge in [-0.2, -0.15) is 0 Å². The minimum absolute atomic E-state index is 0.171. The van der Waals surface area contributed by atoms with Crippen molar-refractivity contribution in [1.82, 2.24) is 4.90 Å². The molecule has 1 aliphatic heterocycles. The second-order valence-corrected chi connectivity index (χ2v) is 4.88. The van der Waals surface area contributed by atoms with Crippen LogP contribution in [0.4, 0.5) is 4.79 Å². The standard InChI is InChI=1S/C12H19NO2/c1-5-7-10-8-6-9-13(10)11(14)15-12(2,3)4/h1,10H,6-9H2,2-4H3/t10-/m0/s1. The van der Waals surface area contributed by atoms with E-state index in [1.54, 1.807) is 4.90 Å². The highest BCUT2D eigenvalue weighted by atomic mass is 16.6. The lowest BCUT2D eigenvalue weighted by atomic mass is 10.1. The van der Waals surface area contributed by atoms with Gasteiger partial charge in [0.15, 0.2) is 0 Å². The van der Waals surface area contributed by atoms with Crippen molar-refractivity contribution >= 4 is 6.09 Å². The second kappa shape index (κ2) is 4.57. The maximum Gasteiger partial charge on any atom is 0.410 e. The summed E-state index contributed by atoms with van der Waals surface area (Å²) in [5.74, 6) is 2.61. The first kappa shape index (κ1) is 11.9. The van der Waals surface area contributed by atoms with Gasteiger partial charge in [-0.05, 0) is 33.6 Å². The minimum Gasteiger partial charge on any atom is -0.444 e. The van der Waals surface area contributed by atoms with E-state index in [9.17, 15) is 4.79 Å². The van der Waals surface area contributed by atoms with Gasteiger partial charge >= 0.3 is 6.09 Å². The molecule has 3 nitrogen and oxygen atoms in total. The van der Waals surface area contributed by atoms with E-state index < -0.39 is 5.60 Å². The molecule has 3 heteroatoms. The van der Waals surface area contributed by atoms with Gasteiger partial charge in [0.2, 0.25) is 0 Å². The molecule has 1 fully saturated rings. The van der Waals surface area contributed by atoms with Gasteiger partial charge < -0.3 is 9.64 Å². The summed E-state index contributed by atoms with van der Waals surface area (Å²) in [6.07, 6.45) is 7.67. The summed E-state index contributed by atoms with van der Waals surface area (Å²) < 4.78 is 5.32. The fourth-order valence-corrected chi connectivity index (χ4v) is 1.74.